The highest BCUT2D eigenvalue weighted by Crippen LogP contribution is 2.34. The van der Waals surface area contributed by atoms with Gasteiger partial charge in [-0.05, 0) is 19.4 Å². The molecule has 4 atom stereocenters. The van der Waals surface area contributed by atoms with E-state index in [9.17, 15) is 5.11 Å². The Morgan fingerprint density at radius 3 is 2.75 bits per heavy atom. The maximum atomic E-state index is 10.3. The highest BCUT2D eigenvalue weighted by atomic mass is 16.8. The van der Waals surface area contributed by atoms with Crippen LogP contribution in [-0.4, -0.2) is 42.1 Å². The molecule has 1 aromatic carbocycles. The first-order valence-electron chi connectivity index (χ1n) is 6.86. The normalized spacial score (nSPS) is 35.8. The first-order valence-corrected chi connectivity index (χ1v) is 6.86. The van der Waals surface area contributed by atoms with Crippen molar-refractivity contribution in [3.63, 3.8) is 0 Å². The zero-order valence-electron chi connectivity index (χ0n) is 11.7. The summed E-state index contributed by atoms with van der Waals surface area (Å²) in [5.41, 5.74) is 1.04. The highest BCUT2D eigenvalue weighted by Gasteiger charge is 2.50. The molecule has 110 valence electrons. The lowest BCUT2D eigenvalue weighted by molar-refractivity contribution is -0.255. The minimum absolute atomic E-state index is 0.239. The van der Waals surface area contributed by atoms with Gasteiger partial charge < -0.3 is 24.1 Å². The fraction of sp³-hybridized carbons (Fsp3) is 0.600. The third-order valence-electron chi connectivity index (χ3n) is 3.52. The summed E-state index contributed by atoms with van der Waals surface area (Å²) in [6.45, 7) is 4.42. The summed E-state index contributed by atoms with van der Waals surface area (Å²) in [6.07, 6.45) is -2.18. The Labute approximate surface area is 118 Å². The first-order chi connectivity index (χ1) is 9.55. The van der Waals surface area contributed by atoms with Crippen LogP contribution in [0.3, 0.4) is 0 Å². The van der Waals surface area contributed by atoms with Crippen molar-refractivity contribution < 1.29 is 24.1 Å². The molecule has 5 heteroatoms. The lowest BCUT2D eigenvalue weighted by Gasteiger charge is -2.34. The van der Waals surface area contributed by atoms with Crippen molar-refractivity contribution in [3.8, 4) is 0 Å². The number of ether oxygens (including phenoxy) is 4. The Morgan fingerprint density at radius 1 is 1.25 bits per heavy atom. The van der Waals surface area contributed by atoms with Crippen LogP contribution in [0.5, 0.6) is 0 Å². The van der Waals surface area contributed by atoms with Crippen molar-refractivity contribution in [2.45, 2.75) is 50.8 Å². The molecule has 2 aliphatic rings. The van der Waals surface area contributed by atoms with Crippen molar-refractivity contribution in [2.24, 2.45) is 0 Å². The second-order valence-corrected chi connectivity index (χ2v) is 5.63. The number of rotatable bonds is 3. The van der Waals surface area contributed by atoms with E-state index in [-0.39, 0.29) is 6.10 Å². The molecule has 2 saturated heterocycles. The van der Waals surface area contributed by atoms with E-state index in [1.807, 2.05) is 44.2 Å². The maximum Gasteiger partial charge on any atom is 0.186 e. The molecular formula is C15H20O5. The van der Waals surface area contributed by atoms with E-state index in [0.29, 0.717) is 13.2 Å². The summed E-state index contributed by atoms with van der Waals surface area (Å²) < 4.78 is 22.6. The van der Waals surface area contributed by atoms with Crippen LogP contribution in [0.2, 0.25) is 0 Å². The lowest BCUT2D eigenvalue weighted by atomic mass is 10.1. The molecule has 3 rings (SSSR count). The summed E-state index contributed by atoms with van der Waals surface area (Å²) in [5, 5.41) is 10.3. The minimum Gasteiger partial charge on any atom is -0.385 e. The standard InChI is InChI=1S/C15H20O5/c1-15(2)19-11-9-18-14(12(16)13(11)20-15)17-8-10-6-4-3-5-7-10/h3-7,11-14,16H,8-9H2,1-2H3/t11-,12-,13-,14+/m1/s1. The number of benzene rings is 1. The van der Waals surface area contributed by atoms with Gasteiger partial charge in [0.25, 0.3) is 0 Å². The van der Waals surface area contributed by atoms with Crippen LogP contribution in [-0.2, 0) is 25.6 Å². The average molecular weight is 280 g/mol. The Kier molecular flexibility index (Phi) is 3.79. The average Bonchev–Trinajstić information content (AvgIpc) is 2.75. The van der Waals surface area contributed by atoms with Gasteiger partial charge in [0.15, 0.2) is 12.1 Å². The van der Waals surface area contributed by atoms with Gasteiger partial charge >= 0.3 is 0 Å². The second-order valence-electron chi connectivity index (χ2n) is 5.63. The van der Waals surface area contributed by atoms with Gasteiger partial charge in [-0.25, -0.2) is 0 Å². The van der Waals surface area contributed by atoms with Gasteiger partial charge in [-0.1, -0.05) is 30.3 Å². The van der Waals surface area contributed by atoms with Crippen LogP contribution >= 0.6 is 0 Å². The predicted octanol–water partition coefficient (Wildman–Crippen LogP) is 1.44. The van der Waals surface area contributed by atoms with Gasteiger partial charge in [-0.15, -0.1) is 0 Å². The van der Waals surface area contributed by atoms with Gasteiger partial charge in [-0.3, -0.25) is 0 Å². The fourth-order valence-electron chi connectivity index (χ4n) is 2.62. The molecule has 0 aliphatic carbocycles. The second kappa shape index (κ2) is 5.42. The number of fused-ring (bicyclic) bond motifs is 1. The Balaban J connectivity index is 1.59. The molecule has 0 spiro atoms. The molecule has 2 heterocycles. The van der Waals surface area contributed by atoms with E-state index in [1.54, 1.807) is 0 Å². The topological polar surface area (TPSA) is 57.2 Å². The van der Waals surface area contributed by atoms with E-state index in [2.05, 4.69) is 0 Å². The monoisotopic (exact) mass is 280 g/mol. The molecule has 2 fully saturated rings. The molecule has 2 aliphatic heterocycles. The van der Waals surface area contributed by atoms with Crippen LogP contribution in [0.4, 0.5) is 0 Å². The van der Waals surface area contributed by atoms with E-state index >= 15 is 0 Å². The smallest absolute Gasteiger partial charge is 0.186 e. The van der Waals surface area contributed by atoms with Gasteiger partial charge in [0.05, 0.1) is 13.2 Å². The lowest BCUT2D eigenvalue weighted by Crippen LogP contribution is -2.52. The number of aliphatic hydroxyl groups excluding tert-OH is 1. The fourth-order valence-corrected chi connectivity index (χ4v) is 2.62. The quantitative estimate of drug-likeness (QED) is 0.908. The molecule has 0 unspecified atom stereocenters. The molecule has 0 aromatic heterocycles. The van der Waals surface area contributed by atoms with Gasteiger partial charge in [0, 0.05) is 0 Å². The molecule has 20 heavy (non-hydrogen) atoms. The van der Waals surface area contributed by atoms with E-state index < -0.39 is 24.3 Å². The predicted molar refractivity (Wildman–Crippen MR) is 70.8 cm³/mol. The largest absolute Gasteiger partial charge is 0.385 e. The molecule has 5 nitrogen and oxygen atoms in total. The van der Waals surface area contributed by atoms with Gasteiger partial charge in [0.2, 0.25) is 0 Å². The van der Waals surface area contributed by atoms with Crippen molar-refractivity contribution >= 4 is 0 Å². The Bertz CT molecular complexity index is 447. The molecule has 1 aromatic rings. The Hall–Kier alpha value is -0.980. The Morgan fingerprint density at radius 2 is 2.00 bits per heavy atom. The molecule has 1 N–H and O–H groups in total. The number of aliphatic hydroxyl groups is 1. The van der Waals surface area contributed by atoms with Crippen LogP contribution in [0.25, 0.3) is 0 Å². The number of hydrogen-bond donors (Lipinski definition) is 1. The summed E-state index contributed by atoms with van der Waals surface area (Å²) in [5.74, 6) is -0.687. The SMILES string of the molecule is CC1(C)O[C@H]2[C@@H](O)[C@@H](OCc3ccccc3)OC[C@H]2O1. The van der Waals surface area contributed by atoms with Crippen molar-refractivity contribution in [1.82, 2.24) is 0 Å². The van der Waals surface area contributed by atoms with Crippen LogP contribution < -0.4 is 0 Å². The number of hydrogen-bond acceptors (Lipinski definition) is 5. The maximum absolute atomic E-state index is 10.3. The van der Waals surface area contributed by atoms with Gasteiger partial charge in [0.1, 0.15) is 18.3 Å². The molecule has 0 amide bonds. The van der Waals surface area contributed by atoms with Crippen molar-refractivity contribution in [3.05, 3.63) is 35.9 Å². The molecule has 0 saturated carbocycles. The van der Waals surface area contributed by atoms with E-state index in [4.69, 9.17) is 18.9 Å². The van der Waals surface area contributed by atoms with Crippen LogP contribution in [0, 0.1) is 0 Å². The summed E-state index contributed by atoms with van der Waals surface area (Å²) >= 11 is 0. The van der Waals surface area contributed by atoms with E-state index in [1.165, 1.54) is 0 Å². The van der Waals surface area contributed by atoms with Gasteiger partial charge in [-0.2, -0.15) is 0 Å². The van der Waals surface area contributed by atoms with E-state index in [0.717, 1.165) is 5.56 Å². The third-order valence-corrected chi connectivity index (χ3v) is 3.52. The molecule has 0 bridgehead atoms. The zero-order valence-corrected chi connectivity index (χ0v) is 11.7. The van der Waals surface area contributed by atoms with Crippen LogP contribution in [0.1, 0.15) is 19.4 Å². The van der Waals surface area contributed by atoms with Crippen molar-refractivity contribution in [2.75, 3.05) is 6.61 Å². The van der Waals surface area contributed by atoms with Crippen LogP contribution in [0.15, 0.2) is 30.3 Å². The zero-order chi connectivity index (χ0) is 14.2. The minimum atomic E-state index is -0.848. The summed E-state index contributed by atoms with van der Waals surface area (Å²) in [7, 11) is 0. The molecular weight excluding hydrogens is 260 g/mol. The third kappa shape index (κ3) is 2.87. The summed E-state index contributed by atoms with van der Waals surface area (Å²) in [6, 6.07) is 9.78. The summed E-state index contributed by atoms with van der Waals surface area (Å²) in [4.78, 5) is 0. The first kappa shape index (κ1) is 14.0. The van der Waals surface area contributed by atoms with Crippen molar-refractivity contribution in [1.29, 1.82) is 0 Å². The highest BCUT2D eigenvalue weighted by molar-refractivity contribution is 5.13. The molecule has 0 radical (unpaired) electrons.